The third-order valence-electron chi connectivity index (χ3n) is 9.57. The molecule has 16 heteroatoms. The fourth-order valence-electron chi connectivity index (χ4n) is 6.04. The van der Waals surface area contributed by atoms with Crippen molar-refractivity contribution in [3.63, 3.8) is 0 Å². The molecule has 2 heterocycles. The van der Waals surface area contributed by atoms with Crippen molar-refractivity contribution in [1.82, 2.24) is 25.1 Å². The molecule has 0 radical (unpaired) electrons. The highest BCUT2D eigenvalue weighted by atomic mass is 35.5. The van der Waals surface area contributed by atoms with E-state index in [1.54, 1.807) is 49.1 Å². The second-order valence-corrected chi connectivity index (χ2v) is 16.2. The molecular weight excluding hydrogens is 768 g/mol. The van der Waals surface area contributed by atoms with Crippen LogP contribution in [0.4, 0.5) is 17.3 Å². The third kappa shape index (κ3) is 13.4. The molecule has 304 valence electrons. The fourth-order valence-corrected chi connectivity index (χ4v) is 7.78. The Kier molecular flexibility index (Phi) is 17.8. The maximum Gasteiger partial charge on any atom is 0.233 e. The predicted octanol–water partition coefficient (Wildman–Crippen LogP) is 5.96. The summed E-state index contributed by atoms with van der Waals surface area (Å²) < 4.78 is 6.34. The van der Waals surface area contributed by atoms with Gasteiger partial charge in [-0.3, -0.25) is 19.5 Å². The highest BCUT2D eigenvalue weighted by Gasteiger charge is 2.27. The number of likely N-dealkylation sites (N-methyl/N-ethyl adjacent to an activating group) is 3. The molecule has 1 saturated heterocycles. The maximum absolute atomic E-state index is 13.1. The number of anilines is 3. The van der Waals surface area contributed by atoms with Gasteiger partial charge in [0.05, 0.1) is 22.5 Å². The van der Waals surface area contributed by atoms with Gasteiger partial charge in [0.15, 0.2) is 5.82 Å². The number of hydrogen-bond donors (Lipinski definition) is 4. The lowest BCUT2D eigenvalue weighted by molar-refractivity contribution is -0.133. The Bertz CT molecular complexity index is 1820. The molecule has 4 rings (SSSR count). The van der Waals surface area contributed by atoms with E-state index in [0.29, 0.717) is 65.7 Å². The molecule has 0 bridgehead atoms. The largest absolute Gasteiger partial charge is 0.496 e. The van der Waals surface area contributed by atoms with E-state index >= 15 is 0 Å². The van der Waals surface area contributed by atoms with Crippen LogP contribution in [0.25, 0.3) is 0 Å². The number of allylic oxidation sites excluding steroid dienone is 4. The minimum absolute atomic E-state index is 0.174. The Morgan fingerprint density at radius 1 is 1.20 bits per heavy atom. The van der Waals surface area contributed by atoms with Gasteiger partial charge in [-0.15, -0.1) is 0 Å². The number of aliphatic imine (C=N–C) groups is 1. The topological polar surface area (TPSA) is 167 Å². The number of nitrogens with two attached hydrogens (primary N) is 2. The van der Waals surface area contributed by atoms with Crippen LogP contribution in [0, 0.1) is 0 Å². The summed E-state index contributed by atoms with van der Waals surface area (Å²) in [5.74, 6) is 1.20. The van der Waals surface area contributed by atoms with Crippen molar-refractivity contribution in [2.45, 2.75) is 61.9 Å². The van der Waals surface area contributed by atoms with E-state index in [1.165, 1.54) is 11.8 Å². The van der Waals surface area contributed by atoms with Gasteiger partial charge in [-0.2, -0.15) is 0 Å². The van der Waals surface area contributed by atoms with Crippen molar-refractivity contribution < 1.29 is 14.3 Å². The summed E-state index contributed by atoms with van der Waals surface area (Å²) in [7, 11) is 5.41. The number of hydrogen-bond acceptors (Lipinski definition) is 13. The van der Waals surface area contributed by atoms with Crippen LogP contribution in [0.1, 0.15) is 46.5 Å². The average molecular weight is 826 g/mol. The van der Waals surface area contributed by atoms with Crippen molar-refractivity contribution in [3.05, 3.63) is 75.5 Å². The maximum atomic E-state index is 13.1. The Balaban J connectivity index is 1.25. The summed E-state index contributed by atoms with van der Waals surface area (Å²) in [5.41, 5.74) is 16.9. The monoisotopic (exact) mass is 824 g/mol. The summed E-state index contributed by atoms with van der Waals surface area (Å²) in [6.45, 7) is 11.5. The van der Waals surface area contributed by atoms with E-state index < -0.39 is 5.91 Å². The van der Waals surface area contributed by atoms with Crippen LogP contribution < -0.4 is 27.0 Å². The average Bonchev–Trinajstić information content (AvgIpc) is 3.37. The molecule has 1 aromatic heterocycles. The smallest absolute Gasteiger partial charge is 0.233 e. The number of aromatic nitrogens is 2. The van der Waals surface area contributed by atoms with Crippen LogP contribution in [-0.4, -0.2) is 116 Å². The Hall–Kier alpha value is -3.86. The van der Waals surface area contributed by atoms with Gasteiger partial charge in [0.1, 0.15) is 29.6 Å². The number of thioether (sulfide) groups is 1. The molecule has 1 aliphatic heterocycles. The highest BCUT2D eigenvalue weighted by Crippen LogP contribution is 2.39. The molecule has 13 nitrogen and oxygen atoms in total. The van der Waals surface area contributed by atoms with Crippen LogP contribution in [0.3, 0.4) is 0 Å². The number of nitrogens with zero attached hydrogens (tertiary/aromatic N) is 6. The number of amides is 2. The number of benzene rings is 1. The molecule has 2 amide bonds. The molecular formula is C40H57ClN10O3S2. The first-order chi connectivity index (χ1) is 26.9. The molecule has 0 atom stereocenters. The number of halogens is 1. The Labute approximate surface area is 345 Å². The predicted molar refractivity (Wildman–Crippen MR) is 234 cm³/mol. The Morgan fingerprint density at radius 2 is 1.96 bits per heavy atom. The summed E-state index contributed by atoms with van der Waals surface area (Å²) in [5, 5.41) is 6.87. The number of rotatable bonds is 19. The van der Waals surface area contributed by atoms with Crippen molar-refractivity contribution in [1.29, 1.82) is 0 Å². The zero-order valence-electron chi connectivity index (χ0n) is 33.4. The van der Waals surface area contributed by atoms with Crippen LogP contribution in [0.15, 0.2) is 85.4 Å². The third-order valence-corrected chi connectivity index (χ3v) is 12.2. The minimum Gasteiger partial charge on any atom is -0.496 e. The minimum atomic E-state index is -0.454. The van der Waals surface area contributed by atoms with Gasteiger partial charge in [0.25, 0.3) is 0 Å². The second-order valence-electron chi connectivity index (χ2n) is 13.9. The van der Waals surface area contributed by atoms with Crippen LogP contribution in [0.2, 0.25) is 5.02 Å². The molecule has 0 spiro atoms. The number of carbonyl (C=O) groups excluding carboxylic acids is 2. The number of carbonyl (C=O) groups is 2. The molecule has 1 fully saturated rings. The molecule has 2 aliphatic rings. The molecule has 2 aromatic rings. The number of piperidine rings is 1. The summed E-state index contributed by atoms with van der Waals surface area (Å²) in [6.07, 6.45) is 12.3. The summed E-state index contributed by atoms with van der Waals surface area (Å²) in [6, 6.07) is 5.29. The van der Waals surface area contributed by atoms with Crippen molar-refractivity contribution in [2.24, 2.45) is 10.7 Å². The second kappa shape index (κ2) is 22.2. The van der Waals surface area contributed by atoms with Crippen molar-refractivity contribution >= 4 is 69.8 Å². The lowest BCUT2D eigenvalue weighted by atomic mass is 9.91. The zero-order chi connectivity index (χ0) is 40.7. The first-order valence-corrected chi connectivity index (χ1v) is 21.0. The van der Waals surface area contributed by atoms with Crippen LogP contribution in [0.5, 0.6) is 0 Å². The quantitative estimate of drug-likeness (QED) is 0.0747. The molecule has 1 aromatic carbocycles. The molecule has 6 N–H and O–H groups in total. The number of ether oxygens (including phenoxy) is 1. The molecule has 1 aliphatic carbocycles. The van der Waals surface area contributed by atoms with E-state index in [-0.39, 0.29) is 23.7 Å². The summed E-state index contributed by atoms with van der Waals surface area (Å²) >= 11 is 9.58. The van der Waals surface area contributed by atoms with Crippen molar-refractivity contribution in [2.75, 3.05) is 89.5 Å². The zero-order valence-corrected chi connectivity index (χ0v) is 35.8. The van der Waals surface area contributed by atoms with E-state index in [2.05, 4.69) is 73.5 Å². The summed E-state index contributed by atoms with van der Waals surface area (Å²) in [4.78, 5) is 47.1. The van der Waals surface area contributed by atoms with E-state index in [1.807, 2.05) is 25.6 Å². The molecule has 0 saturated carbocycles. The fraction of sp³-hybridized carbons (Fsp3) is 0.475. The standard InChI is InChI=1S/C40H57ClN10O3S2/c1-7-32(55-27-45-5)28-12-13-29(25-44-4)31(15-14-28)54-23-22-50(8-2)21-20-49(6)36(53)24-35(52)47-30-10-9-11-33(37(30)41)56-39-38(42)48-34(26-46-39)51-18-16-40(3,43)17-19-51/h7,9-14,26-27,44H,8,15-25,43H2,1-6H3,(H2,42,48)(H,47,52)/b32-7+,45-27-. The van der Waals surface area contributed by atoms with Gasteiger partial charge in [-0.1, -0.05) is 72.4 Å². The first-order valence-electron chi connectivity index (χ1n) is 18.9. The van der Waals surface area contributed by atoms with Gasteiger partial charge in [-0.25, -0.2) is 9.97 Å². The van der Waals surface area contributed by atoms with Gasteiger partial charge >= 0.3 is 0 Å². The number of nitrogens with one attached hydrogen (secondary N) is 2. The van der Waals surface area contributed by atoms with Gasteiger partial charge in [-0.05, 0) is 58.0 Å². The molecule has 56 heavy (non-hydrogen) atoms. The van der Waals surface area contributed by atoms with Crippen LogP contribution >= 0.6 is 35.1 Å². The Morgan fingerprint density at radius 3 is 2.64 bits per heavy atom. The first kappa shape index (κ1) is 44.8. The SMILES string of the molecule is C/C=C(/S/C=N\C)C1=CCC(OCCN(CC)CCN(C)C(=O)CC(=O)Nc2cccc(Sc3ncc(N4CCC(C)(N)CC4)nc3N)c2Cl)=C(CNC)C=C1. The molecule has 0 unspecified atom stereocenters. The van der Waals surface area contributed by atoms with Gasteiger partial charge in [0, 0.05) is 80.7 Å². The normalized spacial score (nSPS) is 16.0. The highest BCUT2D eigenvalue weighted by molar-refractivity contribution is 8.15. The van der Waals surface area contributed by atoms with Crippen LogP contribution in [-0.2, 0) is 14.3 Å². The number of nitrogen functional groups attached to an aromatic ring is 1. The lowest BCUT2D eigenvalue weighted by Gasteiger charge is -2.37. The van der Waals surface area contributed by atoms with E-state index in [0.717, 1.165) is 54.3 Å². The lowest BCUT2D eigenvalue weighted by Crippen LogP contribution is -2.48. The van der Waals surface area contributed by atoms with Gasteiger partial charge in [0.2, 0.25) is 11.8 Å². The van der Waals surface area contributed by atoms with Gasteiger partial charge < -0.3 is 36.6 Å². The van der Waals surface area contributed by atoms with Crippen molar-refractivity contribution in [3.8, 4) is 0 Å². The van der Waals surface area contributed by atoms with E-state index in [4.69, 9.17) is 27.8 Å². The van der Waals surface area contributed by atoms with E-state index in [9.17, 15) is 9.59 Å².